The lowest BCUT2D eigenvalue weighted by Gasteiger charge is -2.07. The molecule has 1 N–H and O–H groups in total. The minimum Gasteiger partial charge on any atom is -0.495 e. The zero-order valence-corrected chi connectivity index (χ0v) is 17.0. The van der Waals surface area contributed by atoms with E-state index in [9.17, 15) is 0 Å². The number of thiazole rings is 1. The van der Waals surface area contributed by atoms with Crippen molar-refractivity contribution in [1.29, 1.82) is 0 Å². The van der Waals surface area contributed by atoms with Crippen molar-refractivity contribution in [3.8, 4) is 16.3 Å². The van der Waals surface area contributed by atoms with Gasteiger partial charge in [-0.15, -0.1) is 21.5 Å². The monoisotopic (exact) mass is 418 g/mol. The molecule has 0 unspecified atom stereocenters. The molecule has 0 saturated carbocycles. The molecule has 3 heterocycles. The van der Waals surface area contributed by atoms with E-state index in [-0.39, 0.29) is 0 Å². The van der Waals surface area contributed by atoms with Crippen LogP contribution < -0.4 is 10.1 Å². The van der Waals surface area contributed by atoms with E-state index in [0.717, 1.165) is 37.4 Å². The lowest BCUT2D eigenvalue weighted by molar-refractivity contribution is 0.417. The van der Waals surface area contributed by atoms with Crippen LogP contribution in [0.5, 0.6) is 5.75 Å². The molecule has 0 atom stereocenters. The van der Waals surface area contributed by atoms with Crippen molar-refractivity contribution in [2.75, 3.05) is 12.4 Å². The van der Waals surface area contributed by atoms with Gasteiger partial charge in [-0.05, 0) is 23.6 Å². The minimum atomic E-state index is 0.745. The van der Waals surface area contributed by atoms with Crippen LogP contribution >= 0.6 is 45.8 Å². The molecule has 132 valence electrons. The number of benzene rings is 1. The van der Waals surface area contributed by atoms with Crippen LogP contribution in [0.2, 0.25) is 0 Å². The van der Waals surface area contributed by atoms with Crippen molar-refractivity contribution in [1.82, 2.24) is 15.2 Å². The van der Waals surface area contributed by atoms with Gasteiger partial charge in [0.25, 0.3) is 0 Å². The Balaban J connectivity index is 1.38. The number of nitrogens with zero attached hydrogens (tertiary/aromatic N) is 3. The van der Waals surface area contributed by atoms with Gasteiger partial charge in [0.1, 0.15) is 10.8 Å². The second-order valence-electron chi connectivity index (χ2n) is 5.14. The Morgan fingerprint density at radius 3 is 2.92 bits per heavy atom. The van der Waals surface area contributed by atoms with Gasteiger partial charge in [-0.25, -0.2) is 4.98 Å². The van der Waals surface area contributed by atoms with Crippen LogP contribution in [-0.2, 0) is 5.75 Å². The van der Waals surface area contributed by atoms with Crippen molar-refractivity contribution in [3.05, 3.63) is 52.2 Å². The smallest absolute Gasteiger partial charge is 0.210 e. The van der Waals surface area contributed by atoms with E-state index in [1.165, 1.54) is 16.9 Å². The van der Waals surface area contributed by atoms with Crippen LogP contribution in [0.15, 0.2) is 50.8 Å². The first-order valence-electron chi connectivity index (χ1n) is 7.65. The Morgan fingerprint density at radius 2 is 2.08 bits per heavy atom. The second kappa shape index (κ2) is 8.17. The third-order valence-corrected chi connectivity index (χ3v) is 7.05. The molecule has 0 spiro atoms. The molecule has 26 heavy (non-hydrogen) atoms. The topological polar surface area (TPSA) is 59.9 Å². The maximum absolute atomic E-state index is 5.34. The summed E-state index contributed by atoms with van der Waals surface area (Å²) in [5, 5.41) is 19.8. The first-order chi connectivity index (χ1) is 12.8. The largest absolute Gasteiger partial charge is 0.495 e. The van der Waals surface area contributed by atoms with Gasteiger partial charge in [0, 0.05) is 22.1 Å². The van der Waals surface area contributed by atoms with E-state index in [1.807, 2.05) is 24.3 Å². The molecule has 0 bridgehead atoms. The maximum Gasteiger partial charge on any atom is 0.210 e. The van der Waals surface area contributed by atoms with E-state index < -0.39 is 0 Å². The fraction of sp³-hybridized carbons (Fsp3) is 0.118. The number of aromatic nitrogens is 3. The summed E-state index contributed by atoms with van der Waals surface area (Å²) in [5.41, 5.74) is 3.13. The molecule has 4 rings (SSSR count). The van der Waals surface area contributed by atoms with E-state index in [4.69, 9.17) is 9.72 Å². The molecule has 9 heteroatoms. The quantitative estimate of drug-likeness (QED) is 0.385. The number of hydrogen-bond acceptors (Lipinski definition) is 9. The van der Waals surface area contributed by atoms with E-state index in [0.29, 0.717) is 0 Å². The lowest BCUT2D eigenvalue weighted by atomic mass is 10.3. The van der Waals surface area contributed by atoms with Crippen molar-refractivity contribution in [3.63, 3.8) is 0 Å². The fourth-order valence-electron chi connectivity index (χ4n) is 2.21. The Morgan fingerprint density at radius 1 is 1.15 bits per heavy atom. The summed E-state index contributed by atoms with van der Waals surface area (Å²) in [7, 11) is 1.65. The highest BCUT2D eigenvalue weighted by atomic mass is 32.2. The summed E-state index contributed by atoms with van der Waals surface area (Å²) in [6.07, 6.45) is 0. The van der Waals surface area contributed by atoms with Crippen molar-refractivity contribution in [2.45, 2.75) is 10.1 Å². The van der Waals surface area contributed by atoms with Gasteiger partial charge in [0.2, 0.25) is 5.13 Å². The molecular weight excluding hydrogens is 404 g/mol. The molecule has 4 aromatic rings. The minimum absolute atomic E-state index is 0.745. The first kappa shape index (κ1) is 17.5. The summed E-state index contributed by atoms with van der Waals surface area (Å²) in [5.74, 6) is 1.56. The molecular formula is C17H14N4OS4. The summed E-state index contributed by atoms with van der Waals surface area (Å²) < 4.78 is 6.25. The highest BCUT2D eigenvalue weighted by molar-refractivity contribution is 8.00. The maximum atomic E-state index is 5.34. The predicted molar refractivity (Wildman–Crippen MR) is 111 cm³/mol. The number of methoxy groups -OCH3 is 1. The van der Waals surface area contributed by atoms with Crippen LogP contribution in [0.4, 0.5) is 10.8 Å². The molecule has 0 aliphatic carbocycles. The Kier molecular flexibility index (Phi) is 5.49. The van der Waals surface area contributed by atoms with Crippen LogP contribution in [0, 0.1) is 0 Å². The third kappa shape index (κ3) is 4.07. The fourth-order valence-corrected chi connectivity index (χ4v) is 5.50. The number of para-hydroxylation sites is 2. The summed E-state index contributed by atoms with van der Waals surface area (Å²) >= 11 is 6.53. The average molecular weight is 419 g/mol. The normalized spacial score (nSPS) is 10.8. The Labute approximate surface area is 167 Å². The van der Waals surface area contributed by atoms with E-state index >= 15 is 0 Å². The molecule has 0 saturated heterocycles. The van der Waals surface area contributed by atoms with Crippen LogP contribution in [0.3, 0.4) is 0 Å². The number of anilines is 2. The number of hydrogen-bond donors (Lipinski definition) is 1. The average Bonchev–Trinajstić information content (AvgIpc) is 3.41. The van der Waals surface area contributed by atoms with Crippen molar-refractivity contribution in [2.24, 2.45) is 0 Å². The Bertz CT molecular complexity index is 980. The standard InChI is InChI=1S/C17H14N4OS4/c1-22-14-5-3-2-4-13(14)19-16-20-21-17(26-16)25-10-12-9-24-15(18-12)11-6-7-23-8-11/h2-9H,10H2,1H3,(H,19,20). The summed E-state index contributed by atoms with van der Waals surface area (Å²) in [6, 6.07) is 9.85. The number of thiophene rings is 1. The van der Waals surface area contributed by atoms with Gasteiger partial charge >= 0.3 is 0 Å². The first-order valence-corrected chi connectivity index (χ1v) is 11.3. The summed E-state index contributed by atoms with van der Waals surface area (Å²) in [6.45, 7) is 0. The molecule has 0 aliphatic rings. The Hall–Kier alpha value is -1.94. The third-order valence-electron chi connectivity index (χ3n) is 3.42. The number of nitrogens with one attached hydrogen (secondary N) is 1. The summed E-state index contributed by atoms with van der Waals surface area (Å²) in [4.78, 5) is 4.69. The van der Waals surface area contributed by atoms with Gasteiger partial charge in [0.15, 0.2) is 4.34 Å². The number of ether oxygens (including phenoxy) is 1. The molecule has 0 amide bonds. The van der Waals surface area contributed by atoms with Gasteiger partial charge < -0.3 is 10.1 Å². The highest BCUT2D eigenvalue weighted by Crippen LogP contribution is 2.33. The number of rotatable bonds is 7. The van der Waals surface area contributed by atoms with Crippen molar-refractivity contribution < 1.29 is 4.74 Å². The molecule has 3 aromatic heterocycles. The second-order valence-corrected chi connectivity index (χ2v) is 8.98. The zero-order valence-electron chi connectivity index (χ0n) is 13.7. The SMILES string of the molecule is COc1ccccc1Nc1nnc(SCc2csc(-c3ccsc3)n2)s1. The zero-order chi connectivity index (χ0) is 17.8. The molecule has 5 nitrogen and oxygen atoms in total. The lowest BCUT2D eigenvalue weighted by Crippen LogP contribution is -1.93. The van der Waals surface area contributed by atoms with Gasteiger partial charge in [-0.3, -0.25) is 0 Å². The van der Waals surface area contributed by atoms with Gasteiger partial charge in [-0.1, -0.05) is 35.2 Å². The molecule has 0 aliphatic heterocycles. The van der Waals surface area contributed by atoms with Crippen LogP contribution in [0.1, 0.15) is 5.69 Å². The van der Waals surface area contributed by atoms with Crippen LogP contribution in [-0.4, -0.2) is 22.3 Å². The predicted octanol–water partition coefficient (Wildman–Crippen LogP) is 5.77. The van der Waals surface area contributed by atoms with Crippen molar-refractivity contribution >= 4 is 56.6 Å². The highest BCUT2D eigenvalue weighted by Gasteiger charge is 2.10. The number of thioether (sulfide) groups is 1. The molecule has 0 radical (unpaired) electrons. The molecule has 1 aromatic carbocycles. The van der Waals surface area contributed by atoms with Gasteiger partial charge in [-0.2, -0.15) is 11.3 Å². The van der Waals surface area contributed by atoms with Crippen LogP contribution in [0.25, 0.3) is 10.6 Å². The van der Waals surface area contributed by atoms with E-state index in [2.05, 4.69) is 37.7 Å². The van der Waals surface area contributed by atoms with E-state index in [1.54, 1.807) is 41.5 Å². The van der Waals surface area contributed by atoms with Gasteiger partial charge in [0.05, 0.1) is 18.5 Å². The molecule has 0 fully saturated rings.